The van der Waals surface area contributed by atoms with Gasteiger partial charge in [0, 0.05) is 4.90 Å². The molecule has 2 heterocycles. The van der Waals surface area contributed by atoms with Gasteiger partial charge in [-0.25, -0.2) is 4.99 Å². The SMILES string of the molecule is O=C(NNC1=Nc2ccccc2SC1)c1cccs1. The van der Waals surface area contributed by atoms with Crippen LogP contribution in [-0.4, -0.2) is 17.5 Å². The lowest BCUT2D eigenvalue weighted by molar-refractivity contribution is 0.0948. The Morgan fingerprint density at radius 3 is 2.95 bits per heavy atom. The largest absolute Gasteiger partial charge is 0.284 e. The minimum Gasteiger partial charge on any atom is -0.284 e. The fraction of sp³-hybridized carbons (Fsp3) is 0.0769. The maximum atomic E-state index is 11.8. The van der Waals surface area contributed by atoms with Crippen molar-refractivity contribution in [2.75, 3.05) is 5.75 Å². The van der Waals surface area contributed by atoms with Crippen LogP contribution >= 0.6 is 23.1 Å². The van der Waals surface area contributed by atoms with Crippen molar-refractivity contribution in [2.45, 2.75) is 4.90 Å². The highest BCUT2D eigenvalue weighted by Crippen LogP contribution is 2.32. The molecule has 2 aromatic rings. The molecule has 1 aliphatic heterocycles. The summed E-state index contributed by atoms with van der Waals surface area (Å²) in [6.07, 6.45) is 0. The lowest BCUT2D eigenvalue weighted by atomic mass is 10.3. The summed E-state index contributed by atoms with van der Waals surface area (Å²) in [4.78, 5) is 18.1. The molecule has 0 spiro atoms. The number of carbonyl (C=O) groups is 1. The van der Waals surface area contributed by atoms with Gasteiger partial charge in [0.25, 0.3) is 5.91 Å². The van der Waals surface area contributed by atoms with Crippen molar-refractivity contribution in [3.8, 4) is 0 Å². The van der Waals surface area contributed by atoms with Crippen molar-refractivity contribution < 1.29 is 4.79 Å². The molecular weight excluding hydrogens is 278 g/mol. The molecule has 0 aliphatic carbocycles. The van der Waals surface area contributed by atoms with E-state index in [1.165, 1.54) is 11.3 Å². The van der Waals surface area contributed by atoms with Gasteiger partial charge in [-0.15, -0.1) is 23.1 Å². The number of aliphatic imine (C=N–C) groups is 1. The van der Waals surface area contributed by atoms with Gasteiger partial charge in [-0.3, -0.25) is 15.6 Å². The van der Waals surface area contributed by atoms with Crippen LogP contribution in [0.1, 0.15) is 9.67 Å². The van der Waals surface area contributed by atoms with E-state index in [9.17, 15) is 4.79 Å². The average Bonchev–Trinajstić information content (AvgIpc) is 2.99. The molecule has 4 nitrogen and oxygen atoms in total. The number of amidine groups is 1. The number of carbonyl (C=O) groups excluding carboxylic acids is 1. The predicted molar refractivity (Wildman–Crippen MR) is 79.2 cm³/mol. The molecule has 0 saturated carbocycles. The molecule has 0 fully saturated rings. The molecule has 1 amide bonds. The summed E-state index contributed by atoms with van der Waals surface area (Å²) in [7, 11) is 0. The van der Waals surface area contributed by atoms with E-state index in [0.717, 1.165) is 22.2 Å². The van der Waals surface area contributed by atoms with Crippen LogP contribution < -0.4 is 10.9 Å². The van der Waals surface area contributed by atoms with Gasteiger partial charge in [-0.1, -0.05) is 18.2 Å². The molecule has 1 aromatic heterocycles. The number of para-hydroxylation sites is 1. The average molecular weight is 289 g/mol. The number of rotatable bonds is 1. The van der Waals surface area contributed by atoms with Crippen LogP contribution in [0, 0.1) is 0 Å². The third kappa shape index (κ3) is 2.80. The Hall–Kier alpha value is -1.79. The monoisotopic (exact) mass is 289 g/mol. The number of hydrogen-bond acceptors (Lipinski definition) is 5. The Morgan fingerprint density at radius 2 is 2.11 bits per heavy atom. The maximum absolute atomic E-state index is 11.8. The van der Waals surface area contributed by atoms with Crippen molar-refractivity contribution in [3.63, 3.8) is 0 Å². The zero-order chi connectivity index (χ0) is 13.1. The zero-order valence-corrected chi connectivity index (χ0v) is 11.6. The molecule has 96 valence electrons. The maximum Gasteiger partial charge on any atom is 0.279 e. The minimum absolute atomic E-state index is 0.137. The number of benzene rings is 1. The van der Waals surface area contributed by atoms with Gasteiger partial charge in [0.05, 0.1) is 16.3 Å². The fourth-order valence-electron chi connectivity index (χ4n) is 1.66. The first kappa shape index (κ1) is 12.3. The first-order valence-electron chi connectivity index (χ1n) is 5.72. The van der Waals surface area contributed by atoms with Crippen LogP contribution in [0.5, 0.6) is 0 Å². The molecular formula is C13H11N3OS2. The molecule has 19 heavy (non-hydrogen) atoms. The lowest BCUT2D eigenvalue weighted by Crippen LogP contribution is -2.42. The number of nitrogens with zero attached hydrogens (tertiary/aromatic N) is 1. The molecule has 0 unspecified atom stereocenters. The number of amides is 1. The van der Waals surface area contributed by atoms with Gasteiger partial charge < -0.3 is 0 Å². The van der Waals surface area contributed by atoms with E-state index in [1.54, 1.807) is 17.8 Å². The van der Waals surface area contributed by atoms with Crippen molar-refractivity contribution in [2.24, 2.45) is 4.99 Å². The molecule has 0 radical (unpaired) electrons. The summed E-state index contributed by atoms with van der Waals surface area (Å²) in [6, 6.07) is 11.6. The van der Waals surface area contributed by atoms with Crippen LogP contribution in [-0.2, 0) is 0 Å². The smallest absolute Gasteiger partial charge is 0.279 e. The highest BCUT2D eigenvalue weighted by Gasteiger charge is 2.13. The number of hydrazine groups is 1. The topological polar surface area (TPSA) is 53.5 Å². The van der Waals surface area contributed by atoms with E-state index in [1.807, 2.05) is 35.7 Å². The molecule has 0 atom stereocenters. The summed E-state index contributed by atoms with van der Waals surface area (Å²) >= 11 is 3.11. The predicted octanol–water partition coefficient (Wildman–Crippen LogP) is 2.82. The fourth-order valence-corrected chi connectivity index (χ4v) is 3.14. The van der Waals surface area contributed by atoms with Crippen LogP contribution in [0.15, 0.2) is 51.7 Å². The van der Waals surface area contributed by atoms with Crippen LogP contribution in [0.2, 0.25) is 0 Å². The zero-order valence-electron chi connectivity index (χ0n) is 9.92. The number of hydrogen-bond donors (Lipinski definition) is 2. The quantitative estimate of drug-likeness (QED) is 0.794. The second kappa shape index (κ2) is 5.46. The Balaban J connectivity index is 1.66. The first-order valence-corrected chi connectivity index (χ1v) is 7.59. The second-order valence-corrected chi connectivity index (χ2v) is 5.84. The molecule has 3 rings (SSSR count). The second-order valence-electron chi connectivity index (χ2n) is 3.87. The van der Waals surface area contributed by atoms with E-state index < -0.39 is 0 Å². The molecule has 0 bridgehead atoms. The Kier molecular flexibility index (Phi) is 3.52. The summed E-state index contributed by atoms with van der Waals surface area (Å²) in [5, 5.41) is 1.87. The standard InChI is InChI=1S/C13H11N3OS2/c17-13(11-6-3-7-18-11)16-15-12-8-19-10-5-2-1-4-9(10)14-12/h1-7H,8H2,(H,14,15)(H,16,17). The lowest BCUT2D eigenvalue weighted by Gasteiger charge is -2.16. The van der Waals surface area contributed by atoms with Crippen LogP contribution in [0.4, 0.5) is 5.69 Å². The van der Waals surface area contributed by atoms with Crippen molar-refractivity contribution >= 4 is 40.5 Å². The van der Waals surface area contributed by atoms with E-state index in [2.05, 4.69) is 15.8 Å². The van der Waals surface area contributed by atoms with Crippen molar-refractivity contribution in [3.05, 3.63) is 46.7 Å². The summed E-state index contributed by atoms with van der Waals surface area (Å²) in [5.41, 5.74) is 6.49. The van der Waals surface area contributed by atoms with Gasteiger partial charge in [0.1, 0.15) is 5.84 Å². The van der Waals surface area contributed by atoms with Crippen LogP contribution in [0.3, 0.4) is 0 Å². The first-order chi connectivity index (χ1) is 9.33. The van der Waals surface area contributed by atoms with Gasteiger partial charge >= 0.3 is 0 Å². The van der Waals surface area contributed by atoms with Gasteiger partial charge in [0.2, 0.25) is 0 Å². The molecule has 2 N–H and O–H groups in total. The van der Waals surface area contributed by atoms with E-state index in [-0.39, 0.29) is 5.91 Å². The normalized spacial score (nSPS) is 13.4. The number of thioether (sulfide) groups is 1. The summed E-state index contributed by atoms with van der Waals surface area (Å²) < 4.78 is 0. The van der Waals surface area contributed by atoms with Crippen molar-refractivity contribution in [1.82, 2.24) is 10.9 Å². The van der Waals surface area contributed by atoms with Gasteiger partial charge in [0.15, 0.2) is 0 Å². The van der Waals surface area contributed by atoms with E-state index in [0.29, 0.717) is 4.88 Å². The Morgan fingerprint density at radius 1 is 1.21 bits per heavy atom. The van der Waals surface area contributed by atoms with Crippen LogP contribution in [0.25, 0.3) is 0 Å². The van der Waals surface area contributed by atoms with Crippen molar-refractivity contribution in [1.29, 1.82) is 0 Å². The highest BCUT2D eigenvalue weighted by atomic mass is 32.2. The molecule has 1 aromatic carbocycles. The van der Waals surface area contributed by atoms with E-state index >= 15 is 0 Å². The highest BCUT2D eigenvalue weighted by molar-refractivity contribution is 8.00. The van der Waals surface area contributed by atoms with Gasteiger partial charge in [-0.2, -0.15) is 0 Å². The third-order valence-electron chi connectivity index (χ3n) is 2.55. The summed E-state index contributed by atoms with van der Waals surface area (Å²) in [5.74, 6) is 1.34. The van der Waals surface area contributed by atoms with E-state index in [4.69, 9.17) is 0 Å². The molecule has 1 aliphatic rings. The summed E-state index contributed by atoms with van der Waals surface area (Å²) in [6.45, 7) is 0. The molecule has 0 saturated heterocycles. The number of fused-ring (bicyclic) bond motifs is 1. The number of thiophene rings is 1. The number of nitrogens with one attached hydrogen (secondary N) is 2. The Labute approximate surface area is 118 Å². The molecule has 6 heteroatoms. The van der Waals surface area contributed by atoms with Gasteiger partial charge in [-0.05, 0) is 23.6 Å². The minimum atomic E-state index is -0.137. The third-order valence-corrected chi connectivity index (χ3v) is 4.49. The Bertz CT molecular complexity index is 623.